The van der Waals surface area contributed by atoms with E-state index in [1.54, 1.807) is 18.2 Å². The minimum atomic E-state index is -3.24. The largest absolute Gasteiger partial charge is 0.349 e. The van der Waals surface area contributed by atoms with Crippen molar-refractivity contribution in [2.75, 3.05) is 16.6 Å². The number of aromatic nitrogens is 1. The molecule has 26 heavy (non-hydrogen) atoms. The Morgan fingerprint density at radius 2 is 2.15 bits per heavy atom. The molecule has 1 saturated heterocycles. The summed E-state index contributed by atoms with van der Waals surface area (Å²) in [4.78, 5) is 16.0. The van der Waals surface area contributed by atoms with Crippen LogP contribution >= 0.6 is 0 Å². The molecule has 0 radical (unpaired) electrons. The number of hydrogen-bond acceptors (Lipinski definition) is 4. The second-order valence-electron chi connectivity index (χ2n) is 6.27. The molecule has 1 N–H and O–H groups in total. The molecule has 1 aliphatic heterocycles. The monoisotopic (exact) mass is 377 g/mol. The molecular formula is C18H20FN3O3S. The van der Waals surface area contributed by atoms with Crippen LogP contribution in [0.4, 0.5) is 10.1 Å². The van der Waals surface area contributed by atoms with E-state index >= 15 is 0 Å². The Morgan fingerprint density at radius 1 is 1.35 bits per heavy atom. The summed E-state index contributed by atoms with van der Waals surface area (Å²) >= 11 is 0. The van der Waals surface area contributed by atoms with Gasteiger partial charge in [0, 0.05) is 12.2 Å². The summed E-state index contributed by atoms with van der Waals surface area (Å²) in [5.74, 6) is -0.527. The second kappa shape index (κ2) is 7.41. The number of halogens is 1. The Morgan fingerprint density at radius 3 is 2.81 bits per heavy atom. The lowest BCUT2D eigenvalue weighted by molar-refractivity contribution is -0.121. The number of carbonyl (C=O) groups is 1. The molecule has 0 saturated carbocycles. The zero-order valence-electron chi connectivity index (χ0n) is 14.4. The smallest absolute Gasteiger partial charge is 0.235 e. The molecule has 1 aromatic heterocycles. The summed E-state index contributed by atoms with van der Waals surface area (Å²) in [5, 5.41) is 2.86. The summed E-state index contributed by atoms with van der Waals surface area (Å²) < 4.78 is 38.4. The topological polar surface area (TPSA) is 79.4 Å². The molecule has 0 aliphatic carbocycles. The van der Waals surface area contributed by atoms with Gasteiger partial charge >= 0.3 is 0 Å². The summed E-state index contributed by atoms with van der Waals surface area (Å²) in [7, 11) is -3.24. The Hall–Kier alpha value is -2.48. The molecule has 8 heteroatoms. The molecule has 1 aliphatic rings. The van der Waals surface area contributed by atoms with Crippen LogP contribution in [0.3, 0.4) is 0 Å². The van der Waals surface area contributed by atoms with Gasteiger partial charge in [-0.05, 0) is 43.2 Å². The van der Waals surface area contributed by atoms with Gasteiger partial charge in [-0.2, -0.15) is 0 Å². The number of nitrogens with one attached hydrogen (secondary N) is 1. The highest BCUT2D eigenvalue weighted by atomic mass is 32.2. The molecule has 1 atom stereocenters. The van der Waals surface area contributed by atoms with Gasteiger partial charge in [-0.25, -0.2) is 12.8 Å². The molecule has 1 amide bonds. The fourth-order valence-corrected chi connectivity index (χ4v) is 4.49. The molecule has 3 rings (SSSR count). The highest BCUT2D eigenvalue weighted by Crippen LogP contribution is 2.26. The highest BCUT2D eigenvalue weighted by molar-refractivity contribution is 7.93. The number of hydrogen-bond donors (Lipinski definition) is 1. The molecule has 1 unspecified atom stereocenters. The van der Waals surface area contributed by atoms with Crippen molar-refractivity contribution in [2.24, 2.45) is 0 Å². The number of amides is 1. The fourth-order valence-electron chi connectivity index (χ4n) is 2.93. The first-order valence-corrected chi connectivity index (χ1v) is 9.96. The van der Waals surface area contributed by atoms with Crippen LogP contribution in [0.25, 0.3) is 0 Å². The molecule has 138 valence electrons. The van der Waals surface area contributed by atoms with E-state index < -0.39 is 15.8 Å². The Balaban J connectivity index is 1.68. The van der Waals surface area contributed by atoms with E-state index in [9.17, 15) is 17.6 Å². The minimum absolute atomic E-state index is 0.0464. The van der Waals surface area contributed by atoms with Gasteiger partial charge in [0.15, 0.2) is 0 Å². The zero-order valence-corrected chi connectivity index (χ0v) is 15.2. The Bertz CT molecular complexity index is 900. The van der Waals surface area contributed by atoms with Crippen LogP contribution in [0, 0.1) is 5.82 Å². The summed E-state index contributed by atoms with van der Waals surface area (Å²) in [5.41, 5.74) is 1.90. The molecule has 1 aromatic carbocycles. The average Bonchev–Trinajstić information content (AvgIpc) is 2.96. The van der Waals surface area contributed by atoms with Crippen molar-refractivity contribution in [1.29, 1.82) is 0 Å². The van der Waals surface area contributed by atoms with Crippen LogP contribution in [-0.2, 0) is 21.2 Å². The van der Waals surface area contributed by atoms with Crippen LogP contribution < -0.4 is 9.62 Å². The lowest BCUT2D eigenvalue weighted by Gasteiger charge is -2.20. The molecule has 6 nitrogen and oxygen atoms in total. The van der Waals surface area contributed by atoms with E-state index in [1.165, 1.54) is 16.4 Å². The number of rotatable bonds is 5. The van der Waals surface area contributed by atoms with Crippen molar-refractivity contribution in [3.8, 4) is 0 Å². The molecular weight excluding hydrogens is 357 g/mol. The van der Waals surface area contributed by atoms with Gasteiger partial charge in [0.1, 0.15) is 5.82 Å². The first kappa shape index (κ1) is 18.3. The van der Waals surface area contributed by atoms with Crippen LogP contribution in [0.5, 0.6) is 0 Å². The lowest BCUT2D eigenvalue weighted by atomic mass is 10.1. The van der Waals surface area contributed by atoms with Gasteiger partial charge in [0.25, 0.3) is 0 Å². The number of benzene rings is 1. The number of carbonyl (C=O) groups excluding carboxylic acids is 1. The van der Waals surface area contributed by atoms with Crippen molar-refractivity contribution < 1.29 is 17.6 Å². The lowest BCUT2D eigenvalue weighted by Crippen LogP contribution is -2.29. The highest BCUT2D eigenvalue weighted by Gasteiger charge is 2.28. The molecule has 2 heterocycles. The van der Waals surface area contributed by atoms with Crippen molar-refractivity contribution in [3.05, 3.63) is 59.7 Å². The van der Waals surface area contributed by atoms with Gasteiger partial charge in [-0.15, -0.1) is 0 Å². The molecule has 0 bridgehead atoms. The molecule has 2 aromatic rings. The third-order valence-electron chi connectivity index (χ3n) is 4.27. The van der Waals surface area contributed by atoms with Crippen LogP contribution in [0.15, 0.2) is 42.6 Å². The van der Waals surface area contributed by atoms with E-state index in [4.69, 9.17) is 0 Å². The maximum Gasteiger partial charge on any atom is 0.235 e. The third-order valence-corrected chi connectivity index (χ3v) is 6.13. The second-order valence-corrected chi connectivity index (χ2v) is 8.28. The third kappa shape index (κ3) is 4.19. The van der Waals surface area contributed by atoms with Crippen LogP contribution in [0.1, 0.15) is 30.6 Å². The van der Waals surface area contributed by atoms with Crippen LogP contribution in [-0.4, -0.2) is 31.6 Å². The van der Waals surface area contributed by atoms with E-state index in [1.807, 2.05) is 13.0 Å². The number of sulfonamides is 1. The van der Waals surface area contributed by atoms with E-state index in [0.717, 1.165) is 11.8 Å². The number of nitrogens with zero attached hydrogens (tertiary/aromatic N) is 2. The van der Waals surface area contributed by atoms with Crippen molar-refractivity contribution in [2.45, 2.75) is 25.8 Å². The van der Waals surface area contributed by atoms with Crippen LogP contribution in [0.2, 0.25) is 0 Å². The van der Waals surface area contributed by atoms with E-state index in [2.05, 4.69) is 10.3 Å². The maximum absolute atomic E-state index is 12.9. The van der Waals surface area contributed by atoms with E-state index in [-0.39, 0.29) is 24.1 Å². The SMILES string of the molecule is CC(NC(=O)Cc1ccc(F)cn1)c1cccc(N2CCCS2(=O)=O)c1. The zero-order chi connectivity index (χ0) is 18.7. The van der Waals surface area contributed by atoms with Gasteiger partial charge in [-0.1, -0.05) is 12.1 Å². The first-order chi connectivity index (χ1) is 12.3. The Labute approximate surface area is 152 Å². The predicted octanol–water partition coefficient (Wildman–Crippen LogP) is 2.18. The van der Waals surface area contributed by atoms with Crippen molar-refractivity contribution in [1.82, 2.24) is 10.3 Å². The van der Waals surface area contributed by atoms with Gasteiger partial charge in [0.05, 0.1) is 30.1 Å². The average molecular weight is 377 g/mol. The maximum atomic E-state index is 12.9. The predicted molar refractivity (Wildman–Crippen MR) is 96.6 cm³/mol. The van der Waals surface area contributed by atoms with Gasteiger partial charge < -0.3 is 5.32 Å². The standard InChI is InChI=1S/C18H20FN3O3S/c1-13(21-18(23)11-16-7-6-15(19)12-20-16)14-4-2-5-17(10-14)22-8-3-9-26(22,24)25/h2,4-7,10,12-13H,3,8-9,11H2,1H3,(H,21,23). The quantitative estimate of drug-likeness (QED) is 0.866. The summed E-state index contributed by atoms with van der Waals surface area (Å²) in [6, 6.07) is 9.59. The molecule has 0 spiro atoms. The fraction of sp³-hybridized carbons (Fsp3) is 0.333. The Kier molecular flexibility index (Phi) is 5.22. The van der Waals surface area contributed by atoms with E-state index in [0.29, 0.717) is 24.3 Å². The first-order valence-electron chi connectivity index (χ1n) is 8.35. The molecule has 1 fully saturated rings. The van der Waals surface area contributed by atoms with Crippen molar-refractivity contribution >= 4 is 21.6 Å². The van der Waals surface area contributed by atoms with Gasteiger partial charge in [-0.3, -0.25) is 14.1 Å². The minimum Gasteiger partial charge on any atom is -0.349 e. The normalized spacial score (nSPS) is 17.1. The van der Waals surface area contributed by atoms with Gasteiger partial charge in [0.2, 0.25) is 15.9 Å². The number of anilines is 1. The summed E-state index contributed by atoms with van der Waals surface area (Å²) in [6.07, 6.45) is 1.74. The van der Waals surface area contributed by atoms with Crippen molar-refractivity contribution in [3.63, 3.8) is 0 Å². The number of pyridine rings is 1. The summed E-state index contributed by atoms with van der Waals surface area (Å²) in [6.45, 7) is 2.30.